The normalized spacial score (nSPS) is 10.9. The maximum Gasteiger partial charge on any atom is 0.275 e. The fourth-order valence-corrected chi connectivity index (χ4v) is 2.77. The molecule has 0 spiro atoms. The van der Waals surface area contributed by atoms with Gasteiger partial charge in [0.25, 0.3) is 5.91 Å². The minimum Gasteiger partial charge on any atom is -0.333 e. The predicted molar refractivity (Wildman–Crippen MR) is 92.3 cm³/mol. The smallest absolute Gasteiger partial charge is 0.275 e. The van der Waals surface area contributed by atoms with Crippen molar-refractivity contribution in [2.75, 3.05) is 6.54 Å². The Labute approximate surface area is 136 Å². The van der Waals surface area contributed by atoms with Crippen molar-refractivity contribution in [2.24, 2.45) is 0 Å². The van der Waals surface area contributed by atoms with Crippen LogP contribution < -0.4 is 0 Å². The highest BCUT2D eigenvalue weighted by Crippen LogP contribution is 2.20. The molecule has 1 N–H and O–H groups in total. The van der Waals surface area contributed by atoms with Gasteiger partial charge >= 0.3 is 0 Å². The van der Waals surface area contributed by atoms with E-state index in [-0.39, 0.29) is 5.91 Å². The second-order valence-corrected chi connectivity index (χ2v) is 5.83. The molecule has 0 radical (unpaired) electrons. The monoisotopic (exact) mass is 307 g/mol. The maximum absolute atomic E-state index is 13.0. The van der Waals surface area contributed by atoms with Crippen molar-refractivity contribution in [2.45, 2.75) is 26.8 Å². The summed E-state index contributed by atoms with van der Waals surface area (Å²) >= 11 is 0. The van der Waals surface area contributed by atoms with E-state index in [1.165, 1.54) is 0 Å². The number of amides is 1. The fourth-order valence-electron chi connectivity index (χ4n) is 2.77. The van der Waals surface area contributed by atoms with Gasteiger partial charge in [0.2, 0.25) is 0 Å². The number of benzene rings is 2. The third-order valence-electron chi connectivity index (χ3n) is 3.92. The van der Waals surface area contributed by atoms with E-state index in [1.54, 1.807) is 0 Å². The van der Waals surface area contributed by atoms with Crippen LogP contribution in [-0.2, 0) is 6.54 Å². The molecule has 23 heavy (non-hydrogen) atoms. The van der Waals surface area contributed by atoms with Crippen molar-refractivity contribution in [3.63, 3.8) is 0 Å². The Bertz CT molecular complexity index is 808. The van der Waals surface area contributed by atoms with Crippen LogP contribution in [0.1, 0.15) is 35.0 Å². The summed E-state index contributed by atoms with van der Waals surface area (Å²) in [5.41, 5.74) is 3.66. The molecule has 0 aliphatic carbocycles. The van der Waals surface area contributed by atoms with Crippen LogP contribution in [-0.4, -0.2) is 27.5 Å². The van der Waals surface area contributed by atoms with Gasteiger partial charge in [0, 0.05) is 18.5 Å². The summed E-state index contributed by atoms with van der Waals surface area (Å²) in [6, 6.07) is 16.1. The molecule has 0 aliphatic heterocycles. The Morgan fingerprint density at radius 3 is 2.70 bits per heavy atom. The first kappa shape index (κ1) is 15.3. The Morgan fingerprint density at radius 1 is 1.17 bits per heavy atom. The van der Waals surface area contributed by atoms with E-state index >= 15 is 0 Å². The number of fused-ring (bicyclic) bond motifs is 1. The summed E-state index contributed by atoms with van der Waals surface area (Å²) in [5.74, 6) is -0.0208. The topological polar surface area (TPSA) is 49.0 Å². The molecule has 1 heterocycles. The van der Waals surface area contributed by atoms with Crippen LogP contribution in [0, 0.1) is 6.92 Å². The molecule has 3 aromatic rings. The zero-order chi connectivity index (χ0) is 16.2. The molecule has 2 aromatic carbocycles. The van der Waals surface area contributed by atoms with E-state index in [4.69, 9.17) is 0 Å². The Hall–Kier alpha value is -2.62. The summed E-state index contributed by atoms with van der Waals surface area (Å²) in [7, 11) is 0. The average Bonchev–Trinajstić information content (AvgIpc) is 2.97. The van der Waals surface area contributed by atoms with E-state index in [0.29, 0.717) is 18.8 Å². The van der Waals surface area contributed by atoms with Crippen molar-refractivity contribution < 1.29 is 4.79 Å². The van der Waals surface area contributed by atoms with Crippen LogP contribution in [0.3, 0.4) is 0 Å². The lowest BCUT2D eigenvalue weighted by molar-refractivity contribution is 0.0739. The van der Waals surface area contributed by atoms with E-state index in [0.717, 1.165) is 28.5 Å². The standard InChI is InChI=1S/C19H21N3O/c1-3-11-22(13-15-7-5-4-6-8-15)19(23)18-16-12-14(2)9-10-17(16)20-21-18/h4-10,12H,3,11,13H2,1-2H3,(H,20,21). The molecule has 0 aliphatic rings. The average molecular weight is 307 g/mol. The number of carbonyl (C=O) groups excluding carboxylic acids is 1. The highest BCUT2D eigenvalue weighted by Gasteiger charge is 2.20. The number of nitrogens with zero attached hydrogens (tertiary/aromatic N) is 2. The molecule has 4 heteroatoms. The van der Waals surface area contributed by atoms with Crippen LogP contribution >= 0.6 is 0 Å². The molecule has 0 fully saturated rings. The highest BCUT2D eigenvalue weighted by molar-refractivity contribution is 6.04. The molecule has 0 atom stereocenters. The first-order chi connectivity index (χ1) is 11.2. The zero-order valence-corrected chi connectivity index (χ0v) is 13.5. The molecule has 0 saturated carbocycles. The maximum atomic E-state index is 13.0. The van der Waals surface area contributed by atoms with E-state index in [9.17, 15) is 4.79 Å². The molecule has 0 unspecified atom stereocenters. The van der Waals surface area contributed by atoms with E-state index in [1.807, 2.05) is 60.4 Å². The molecule has 1 amide bonds. The first-order valence-electron chi connectivity index (χ1n) is 7.97. The van der Waals surface area contributed by atoms with Gasteiger partial charge < -0.3 is 4.90 Å². The third-order valence-corrected chi connectivity index (χ3v) is 3.92. The zero-order valence-electron chi connectivity index (χ0n) is 13.5. The summed E-state index contributed by atoms with van der Waals surface area (Å²) in [6.45, 7) is 5.42. The second-order valence-electron chi connectivity index (χ2n) is 5.83. The van der Waals surface area contributed by atoms with Crippen LogP contribution in [0.2, 0.25) is 0 Å². The molecule has 4 nitrogen and oxygen atoms in total. The Balaban J connectivity index is 1.92. The quantitative estimate of drug-likeness (QED) is 0.776. The lowest BCUT2D eigenvalue weighted by Crippen LogP contribution is -2.31. The number of carbonyl (C=O) groups is 1. The number of hydrogen-bond donors (Lipinski definition) is 1. The number of H-pyrrole nitrogens is 1. The molecular formula is C19H21N3O. The van der Waals surface area contributed by atoms with Gasteiger partial charge in [0.15, 0.2) is 5.69 Å². The fraction of sp³-hybridized carbons (Fsp3) is 0.263. The molecule has 3 rings (SSSR count). The second kappa shape index (κ2) is 6.65. The van der Waals surface area contributed by atoms with Crippen molar-refractivity contribution in [3.05, 3.63) is 65.4 Å². The molecule has 0 bridgehead atoms. The van der Waals surface area contributed by atoms with Crippen LogP contribution in [0.15, 0.2) is 48.5 Å². The van der Waals surface area contributed by atoms with Gasteiger partial charge in [-0.15, -0.1) is 0 Å². The summed E-state index contributed by atoms with van der Waals surface area (Å²) < 4.78 is 0. The van der Waals surface area contributed by atoms with Gasteiger partial charge in [0.1, 0.15) is 0 Å². The molecule has 0 saturated heterocycles. The van der Waals surface area contributed by atoms with E-state index < -0.39 is 0 Å². The van der Waals surface area contributed by atoms with Crippen LogP contribution in [0.4, 0.5) is 0 Å². The summed E-state index contributed by atoms with van der Waals surface area (Å²) in [4.78, 5) is 14.8. The number of aromatic amines is 1. The van der Waals surface area contributed by atoms with Crippen LogP contribution in [0.5, 0.6) is 0 Å². The highest BCUT2D eigenvalue weighted by atomic mass is 16.2. The minimum absolute atomic E-state index is 0.0208. The Kier molecular flexibility index (Phi) is 4.42. The lowest BCUT2D eigenvalue weighted by atomic mass is 10.1. The van der Waals surface area contributed by atoms with E-state index in [2.05, 4.69) is 17.1 Å². The number of aromatic nitrogens is 2. The van der Waals surface area contributed by atoms with Gasteiger partial charge in [-0.3, -0.25) is 9.89 Å². The predicted octanol–water partition coefficient (Wildman–Crippen LogP) is 3.92. The first-order valence-corrected chi connectivity index (χ1v) is 7.97. The number of nitrogens with one attached hydrogen (secondary N) is 1. The lowest BCUT2D eigenvalue weighted by Gasteiger charge is -2.21. The number of hydrogen-bond acceptors (Lipinski definition) is 2. The van der Waals surface area contributed by atoms with Crippen molar-refractivity contribution in [1.82, 2.24) is 15.1 Å². The van der Waals surface area contributed by atoms with Gasteiger partial charge in [-0.25, -0.2) is 0 Å². The largest absolute Gasteiger partial charge is 0.333 e. The third kappa shape index (κ3) is 3.26. The van der Waals surface area contributed by atoms with Crippen molar-refractivity contribution in [1.29, 1.82) is 0 Å². The van der Waals surface area contributed by atoms with Gasteiger partial charge in [0.05, 0.1) is 5.52 Å². The molecule has 1 aromatic heterocycles. The summed E-state index contributed by atoms with van der Waals surface area (Å²) in [6.07, 6.45) is 0.917. The van der Waals surface area contributed by atoms with Crippen LogP contribution in [0.25, 0.3) is 10.9 Å². The SMILES string of the molecule is CCCN(Cc1ccccc1)C(=O)c1n[nH]c2ccc(C)cc12. The van der Waals surface area contributed by atoms with Crippen molar-refractivity contribution in [3.8, 4) is 0 Å². The van der Waals surface area contributed by atoms with Gasteiger partial charge in [-0.2, -0.15) is 5.10 Å². The minimum atomic E-state index is -0.0208. The van der Waals surface area contributed by atoms with Crippen molar-refractivity contribution >= 4 is 16.8 Å². The van der Waals surface area contributed by atoms with Gasteiger partial charge in [-0.05, 0) is 31.0 Å². The number of aryl methyl sites for hydroxylation is 1. The number of rotatable bonds is 5. The molecular weight excluding hydrogens is 286 g/mol. The Morgan fingerprint density at radius 2 is 1.96 bits per heavy atom. The summed E-state index contributed by atoms with van der Waals surface area (Å²) in [5, 5.41) is 8.12. The molecule has 118 valence electrons. The van der Waals surface area contributed by atoms with Gasteiger partial charge in [-0.1, -0.05) is 48.9 Å².